The second kappa shape index (κ2) is 11.5. The first kappa shape index (κ1) is 28.6. The van der Waals surface area contributed by atoms with Crippen LogP contribution >= 0.6 is 11.8 Å². The zero-order valence-electron chi connectivity index (χ0n) is 21.7. The van der Waals surface area contributed by atoms with E-state index in [-0.39, 0.29) is 16.3 Å². The van der Waals surface area contributed by atoms with Crippen LogP contribution in [0.4, 0.5) is 10.5 Å². The summed E-state index contributed by atoms with van der Waals surface area (Å²) in [5.41, 5.74) is 1.45. The van der Waals surface area contributed by atoms with E-state index < -0.39 is 37.7 Å². The predicted molar refractivity (Wildman–Crippen MR) is 158 cm³/mol. The number of nitrogens with one attached hydrogen (secondary N) is 2. The van der Waals surface area contributed by atoms with E-state index in [1.807, 2.05) is 24.3 Å². The van der Waals surface area contributed by atoms with Gasteiger partial charge in [0.25, 0.3) is 15.3 Å². The molecule has 0 atom stereocenters. The smallest absolute Gasteiger partial charge is 0.288 e. The molecule has 4 aromatic carbocycles. The van der Waals surface area contributed by atoms with Crippen LogP contribution in [0.25, 0.3) is 21.9 Å². The van der Waals surface area contributed by atoms with Gasteiger partial charge in [0.1, 0.15) is 5.75 Å². The summed E-state index contributed by atoms with van der Waals surface area (Å²) in [7, 11) is -6.54. The van der Waals surface area contributed by atoms with E-state index >= 15 is 0 Å². The van der Waals surface area contributed by atoms with Gasteiger partial charge in [-0.25, -0.2) is 21.6 Å². The Hall–Kier alpha value is -3.91. The van der Waals surface area contributed by atoms with E-state index in [9.17, 15) is 26.4 Å². The maximum Gasteiger partial charge on any atom is 0.288 e. The second-order valence-corrected chi connectivity index (χ2v) is 13.5. The maximum absolute atomic E-state index is 13.3. The lowest BCUT2D eigenvalue weighted by Gasteiger charge is -2.16. The molecule has 5 rings (SSSR count). The topological polar surface area (TPSA) is 139 Å². The molecule has 0 saturated carbocycles. The number of sulfonamides is 2. The molecule has 0 bridgehead atoms. The van der Waals surface area contributed by atoms with Crippen LogP contribution in [0.2, 0.25) is 0 Å². The summed E-state index contributed by atoms with van der Waals surface area (Å²) in [6.45, 7) is -0.300. The van der Waals surface area contributed by atoms with E-state index in [0.717, 1.165) is 27.4 Å². The lowest BCUT2D eigenvalue weighted by Crippen LogP contribution is -2.40. The van der Waals surface area contributed by atoms with E-state index in [1.54, 1.807) is 36.4 Å². The molecule has 4 aromatic rings. The van der Waals surface area contributed by atoms with Gasteiger partial charge in [-0.2, -0.15) is 0 Å². The minimum absolute atomic E-state index is 0.0497. The SMILES string of the molecule is COc1ccc(S(=O)(=O)Nc2ccc3ccccc3c2-c2ccc(S(=O)(=O)NCC(=O)N3CCSC3=O)cc2)cc1. The molecule has 0 radical (unpaired) electrons. The normalized spacial score (nSPS) is 13.9. The first-order valence-electron chi connectivity index (χ1n) is 12.3. The number of hydrogen-bond acceptors (Lipinski definition) is 8. The van der Waals surface area contributed by atoms with E-state index in [2.05, 4.69) is 9.44 Å². The molecule has 2 N–H and O–H groups in total. The van der Waals surface area contributed by atoms with Gasteiger partial charge < -0.3 is 4.74 Å². The van der Waals surface area contributed by atoms with Crippen LogP contribution in [-0.4, -0.2) is 58.8 Å². The molecular weight excluding hydrogens is 587 g/mol. The van der Waals surface area contributed by atoms with Crippen LogP contribution < -0.4 is 14.2 Å². The number of benzene rings is 4. The largest absolute Gasteiger partial charge is 0.497 e. The number of rotatable bonds is 9. The fourth-order valence-electron chi connectivity index (χ4n) is 4.38. The highest BCUT2D eigenvalue weighted by molar-refractivity contribution is 8.13. The molecular formula is C28H25N3O7S3. The van der Waals surface area contributed by atoms with Crippen LogP contribution in [-0.2, 0) is 24.8 Å². The molecule has 0 aromatic heterocycles. The van der Waals surface area contributed by atoms with Crippen molar-refractivity contribution in [3.63, 3.8) is 0 Å². The van der Waals surface area contributed by atoms with Gasteiger partial charge in [-0.1, -0.05) is 54.2 Å². The van der Waals surface area contributed by atoms with Crippen molar-refractivity contribution in [2.45, 2.75) is 9.79 Å². The molecule has 1 saturated heterocycles. The van der Waals surface area contributed by atoms with Crippen LogP contribution in [0.3, 0.4) is 0 Å². The fraction of sp³-hybridized carbons (Fsp3) is 0.143. The molecule has 212 valence electrons. The van der Waals surface area contributed by atoms with Gasteiger partial charge in [-0.05, 0) is 58.8 Å². The fourth-order valence-corrected chi connectivity index (χ4v) is 7.23. The molecule has 2 amide bonds. The van der Waals surface area contributed by atoms with Crippen LogP contribution in [0, 0.1) is 0 Å². The minimum atomic E-state index is -4.06. The second-order valence-electron chi connectivity index (χ2n) is 9.00. The summed E-state index contributed by atoms with van der Waals surface area (Å²) in [6.07, 6.45) is 0. The van der Waals surface area contributed by atoms with Crippen molar-refractivity contribution in [3.05, 3.63) is 84.9 Å². The predicted octanol–water partition coefficient (Wildman–Crippen LogP) is 4.29. The van der Waals surface area contributed by atoms with E-state index in [0.29, 0.717) is 28.3 Å². The van der Waals surface area contributed by atoms with Gasteiger partial charge >= 0.3 is 0 Å². The van der Waals surface area contributed by atoms with Crippen molar-refractivity contribution in [1.29, 1.82) is 0 Å². The number of thioether (sulfide) groups is 1. The Bertz CT molecular complexity index is 1840. The highest BCUT2D eigenvalue weighted by Crippen LogP contribution is 2.37. The van der Waals surface area contributed by atoms with Crippen LogP contribution in [0.1, 0.15) is 0 Å². The number of hydrogen-bond donors (Lipinski definition) is 2. The quantitative estimate of drug-likeness (QED) is 0.286. The Morgan fingerprint density at radius 3 is 2.20 bits per heavy atom. The molecule has 13 heteroatoms. The van der Waals surface area contributed by atoms with Crippen molar-refractivity contribution in [3.8, 4) is 16.9 Å². The maximum atomic E-state index is 13.3. The van der Waals surface area contributed by atoms with Gasteiger partial charge in [0.15, 0.2) is 0 Å². The number of methoxy groups -OCH3 is 1. The van der Waals surface area contributed by atoms with Crippen molar-refractivity contribution in [1.82, 2.24) is 9.62 Å². The standard InChI is InChI=1S/C28H25N3O7S3/c1-38-21-9-13-23(14-10-21)41(36,37)30-25-15-8-19-4-2-3-5-24(19)27(25)20-6-11-22(12-7-20)40(34,35)29-18-26(32)31-16-17-39-28(31)33/h2-15,29-30H,16-18H2,1H3. The third kappa shape index (κ3) is 6.07. The average Bonchev–Trinajstić information content (AvgIpc) is 3.41. The van der Waals surface area contributed by atoms with E-state index in [1.165, 1.54) is 31.4 Å². The third-order valence-corrected chi connectivity index (χ3v) is 10.1. The lowest BCUT2D eigenvalue weighted by atomic mass is 9.96. The molecule has 41 heavy (non-hydrogen) atoms. The molecule has 10 nitrogen and oxygen atoms in total. The Balaban J connectivity index is 1.45. The van der Waals surface area contributed by atoms with Crippen molar-refractivity contribution in [2.75, 3.05) is 30.7 Å². The molecule has 0 spiro atoms. The van der Waals surface area contributed by atoms with Gasteiger partial charge in [-0.15, -0.1) is 0 Å². The Morgan fingerprint density at radius 2 is 1.54 bits per heavy atom. The number of carbonyl (C=O) groups is 2. The summed E-state index contributed by atoms with van der Waals surface area (Å²) in [4.78, 5) is 25.0. The number of carbonyl (C=O) groups excluding carboxylic acids is 2. The number of imide groups is 1. The molecule has 1 aliphatic rings. The first-order chi connectivity index (χ1) is 19.6. The number of ether oxygens (including phenoxy) is 1. The van der Waals surface area contributed by atoms with Crippen molar-refractivity contribution < 1.29 is 31.2 Å². The number of fused-ring (bicyclic) bond motifs is 1. The number of amides is 2. The van der Waals surface area contributed by atoms with Gasteiger partial charge in [0.05, 0.1) is 29.1 Å². The minimum Gasteiger partial charge on any atom is -0.497 e. The number of nitrogens with zero attached hydrogens (tertiary/aromatic N) is 1. The summed E-state index contributed by atoms with van der Waals surface area (Å²) < 4.78 is 62.3. The van der Waals surface area contributed by atoms with Gasteiger partial charge in [0, 0.05) is 17.9 Å². The molecule has 0 aliphatic carbocycles. The van der Waals surface area contributed by atoms with Gasteiger partial charge in [0.2, 0.25) is 15.9 Å². The highest BCUT2D eigenvalue weighted by atomic mass is 32.2. The van der Waals surface area contributed by atoms with Gasteiger partial charge in [-0.3, -0.25) is 19.2 Å². The summed E-state index contributed by atoms with van der Waals surface area (Å²) in [5.74, 6) is 0.378. The monoisotopic (exact) mass is 611 g/mol. The molecule has 0 unspecified atom stereocenters. The summed E-state index contributed by atoms with van der Waals surface area (Å²) >= 11 is 1.01. The van der Waals surface area contributed by atoms with Crippen molar-refractivity contribution in [2.24, 2.45) is 0 Å². The highest BCUT2D eigenvalue weighted by Gasteiger charge is 2.28. The molecule has 1 heterocycles. The Labute approximate surface area is 241 Å². The molecule has 1 fully saturated rings. The first-order valence-corrected chi connectivity index (χ1v) is 16.3. The zero-order valence-corrected chi connectivity index (χ0v) is 24.2. The van der Waals surface area contributed by atoms with Crippen molar-refractivity contribution >= 4 is 59.4 Å². The summed E-state index contributed by atoms with van der Waals surface area (Å²) in [5, 5.41) is 1.23. The summed E-state index contributed by atoms with van der Waals surface area (Å²) in [6, 6.07) is 22.8. The Kier molecular flexibility index (Phi) is 8.04. The average molecular weight is 612 g/mol. The van der Waals surface area contributed by atoms with Crippen LogP contribution in [0.5, 0.6) is 5.75 Å². The van der Waals surface area contributed by atoms with Crippen LogP contribution in [0.15, 0.2) is 94.7 Å². The number of anilines is 1. The zero-order chi connectivity index (χ0) is 29.2. The third-order valence-electron chi connectivity index (χ3n) is 6.47. The Morgan fingerprint density at radius 1 is 0.878 bits per heavy atom. The van der Waals surface area contributed by atoms with E-state index in [4.69, 9.17) is 4.74 Å². The lowest BCUT2D eigenvalue weighted by molar-refractivity contribution is -0.126. The molecule has 1 aliphatic heterocycles.